The van der Waals surface area contributed by atoms with E-state index in [0.29, 0.717) is 0 Å². The Hall–Kier alpha value is -2.29. The number of rotatable bonds is 4. The van der Waals surface area contributed by atoms with Crippen molar-refractivity contribution in [3.63, 3.8) is 0 Å². The maximum atomic E-state index is 2.24. The van der Waals surface area contributed by atoms with Gasteiger partial charge in [0.15, 0.2) is 5.71 Å². The molecule has 2 aromatic rings. The summed E-state index contributed by atoms with van der Waals surface area (Å²) < 4.78 is 2.94. The van der Waals surface area contributed by atoms with Gasteiger partial charge in [-0.15, -0.1) is 0 Å². The van der Waals surface area contributed by atoms with Crippen LogP contribution in [0.5, 0.6) is 0 Å². The normalized spacial score (nSPS) is 13.2. The first kappa shape index (κ1) is 24.0. The molecular weight excluding hydrogens is 420 g/mol. The van der Waals surface area contributed by atoms with Crippen LogP contribution in [0.4, 0.5) is 11.4 Å². The Bertz CT molecular complexity index is 978. The summed E-state index contributed by atoms with van der Waals surface area (Å²) in [7, 11) is 14.9. The summed E-state index contributed by atoms with van der Waals surface area (Å²) in [6.45, 7) is 0. The minimum Gasteiger partial charge on any atom is -0.378 e. The van der Waals surface area contributed by atoms with E-state index in [1.165, 1.54) is 39.4 Å². The minimum absolute atomic E-state index is 0. The van der Waals surface area contributed by atoms with Crippen molar-refractivity contribution in [3.05, 3.63) is 89.5 Å². The van der Waals surface area contributed by atoms with Gasteiger partial charge in [-0.2, -0.15) is 0 Å². The third kappa shape index (κ3) is 5.44. The summed E-state index contributed by atoms with van der Waals surface area (Å²) in [5.74, 6) is 0. The Balaban J connectivity index is 0.00000320. The number of nitrogens with zero attached hydrogens (tertiary/aromatic N) is 3. The van der Waals surface area contributed by atoms with Crippen molar-refractivity contribution in [3.8, 4) is 0 Å². The second-order valence-electron chi connectivity index (χ2n) is 8.82. The van der Waals surface area contributed by atoms with Crippen molar-refractivity contribution in [2.24, 2.45) is 0 Å². The molecule has 0 atom stereocenters. The monoisotopic (exact) mass is 451 g/mol. The predicted octanol–water partition coefficient (Wildman–Crippen LogP) is 4.59. The van der Waals surface area contributed by atoms with Crippen LogP contribution in [-0.4, -0.2) is 59.6 Å². The van der Waals surface area contributed by atoms with E-state index in [-0.39, 0.29) is 19.5 Å². The first-order valence-corrected chi connectivity index (χ1v) is 10.0. The molecule has 3 rings (SSSR count). The van der Waals surface area contributed by atoms with Crippen molar-refractivity contribution in [1.29, 1.82) is 0 Å². The smallest absolute Gasteiger partial charge is 0.378 e. The molecule has 0 spiro atoms. The fraction of sp³-hybridized carbons (Fsp3) is 0.269. The second-order valence-corrected chi connectivity index (χ2v) is 8.82. The van der Waals surface area contributed by atoms with Crippen molar-refractivity contribution in [2.75, 3.05) is 54.2 Å². The molecule has 0 N–H and O–H groups in total. The Kier molecular flexibility index (Phi) is 7.74. The predicted molar refractivity (Wildman–Crippen MR) is 128 cm³/mol. The first-order chi connectivity index (χ1) is 13.7. The zero-order valence-corrected chi connectivity index (χ0v) is 22.4. The number of hydrogen-bond donors (Lipinski definition) is 0. The van der Waals surface area contributed by atoms with E-state index < -0.39 is 0 Å². The second kappa shape index (κ2) is 9.68. The van der Waals surface area contributed by atoms with Crippen LogP contribution >= 0.6 is 0 Å². The maximum Gasteiger partial charge on any atom is 2.00 e. The van der Waals surface area contributed by atoms with Gasteiger partial charge in [0.05, 0.1) is 21.1 Å². The fourth-order valence-corrected chi connectivity index (χ4v) is 3.43. The molecule has 0 saturated heterocycles. The van der Waals surface area contributed by atoms with E-state index in [0.717, 1.165) is 4.48 Å². The summed E-state index contributed by atoms with van der Waals surface area (Å²) in [6.07, 6.45) is 8.81. The summed E-state index contributed by atoms with van der Waals surface area (Å²) in [5.41, 5.74) is 8.65. The van der Waals surface area contributed by atoms with E-state index in [2.05, 4.69) is 132 Å². The Morgan fingerprint density at radius 2 is 1.20 bits per heavy atom. The molecule has 0 aromatic heterocycles. The number of benzene rings is 2. The van der Waals surface area contributed by atoms with Gasteiger partial charge in [-0.25, -0.2) is 4.58 Å². The minimum atomic E-state index is 0. The number of allylic oxidation sites excluding steroid dienone is 5. The molecule has 30 heavy (non-hydrogen) atoms. The van der Waals surface area contributed by atoms with Crippen molar-refractivity contribution in [2.45, 2.75) is 0 Å². The molecule has 2 aromatic carbocycles. The van der Waals surface area contributed by atoms with Crippen LogP contribution in [0, 0.1) is 0 Å². The zero-order valence-electron chi connectivity index (χ0n) is 19.5. The van der Waals surface area contributed by atoms with E-state index in [1.54, 1.807) is 0 Å². The quantitative estimate of drug-likeness (QED) is 0.373. The zero-order chi connectivity index (χ0) is 21.2. The molecule has 150 valence electrons. The van der Waals surface area contributed by atoms with E-state index in [1.807, 2.05) is 0 Å². The summed E-state index contributed by atoms with van der Waals surface area (Å²) >= 11 is 0. The van der Waals surface area contributed by atoms with Crippen LogP contribution in [0.15, 0.2) is 78.4 Å². The summed E-state index contributed by atoms with van der Waals surface area (Å²) in [5, 5.41) is 0. The molecule has 1 aliphatic carbocycles. The van der Waals surface area contributed by atoms with Crippen LogP contribution in [0.1, 0.15) is 11.1 Å². The number of anilines is 1. The molecule has 0 unspecified atom stereocenters. The molecule has 0 bridgehead atoms. The van der Waals surface area contributed by atoms with Gasteiger partial charge >= 0.3 is 19.5 Å². The van der Waals surface area contributed by atoms with Crippen molar-refractivity contribution >= 4 is 22.7 Å². The van der Waals surface area contributed by atoms with Crippen LogP contribution in [0.25, 0.3) is 5.57 Å². The van der Waals surface area contributed by atoms with E-state index >= 15 is 0 Å². The van der Waals surface area contributed by atoms with Gasteiger partial charge in [0.25, 0.3) is 0 Å². The molecule has 0 aliphatic heterocycles. The average molecular weight is 453 g/mol. The summed E-state index contributed by atoms with van der Waals surface area (Å²) in [6, 6.07) is 17.8. The van der Waals surface area contributed by atoms with Crippen LogP contribution in [-0.2, 0) is 19.5 Å². The molecule has 4 heteroatoms. The molecule has 1 aliphatic rings. The SMILES string of the molecule is CN(C)c1ccc(C(=C2C=CC(=[N+](C)C)C=C2)c2ccc([N+](C)(C)C)cc2)cc1.[Zn+2]. The largest absolute Gasteiger partial charge is 2.00 e. The third-order valence-electron chi connectivity index (χ3n) is 5.28. The van der Waals surface area contributed by atoms with Crippen LogP contribution < -0.4 is 9.38 Å². The molecule has 0 heterocycles. The Morgan fingerprint density at radius 1 is 0.733 bits per heavy atom. The number of quaternary nitrogens is 1. The molecule has 3 nitrogen and oxygen atoms in total. The van der Waals surface area contributed by atoms with Gasteiger partial charge in [0.1, 0.15) is 19.8 Å². The average Bonchev–Trinajstić information content (AvgIpc) is 2.69. The van der Waals surface area contributed by atoms with Gasteiger partial charge in [-0.3, -0.25) is 4.48 Å². The van der Waals surface area contributed by atoms with E-state index in [9.17, 15) is 0 Å². The fourth-order valence-electron chi connectivity index (χ4n) is 3.43. The summed E-state index contributed by atoms with van der Waals surface area (Å²) in [4.78, 5) is 2.13. The molecule has 0 fully saturated rings. The third-order valence-corrected chi connectivity index (χ3v) is 5.28. The van der Waals surface area contributed by atoms with Crippen LogP contribution in [0.3, 0.4) is 0 Å². The Labute approximate surface area is 194 Å². The van der Waals surface area contributed by atoms with Crippen molar-refractivity contribution in [1.82, 2.24) is 4.48 Å². The molecule has 0 amide bonds. The van der Waals surface area contributed by atoms with Gasteiger partial charge in [0, 0.05) is 31.9 Å². The van der Waals surface area contributed by atoms with Gasteiger partial charge in [-0.05, 0) is 70.8 Å². The van der Waals surface area contributed by atoms with Gasteiger partial charge in [-0.1, -0.05) is 12.1 Å². The Morgan fingerprint density at radius 3 is 1.60 bits per heavy atom. The van der Waals surface area contributed by atoms with Gasteiger partial charge in [0.2, 0.25) is 0 Å². The first-order valence-electron chi connectivity index (χ1n) is 10.0. The van der Waals surface area contributed by atoms with Crippen LogP contribution in [0.2, 0.25) is 0 Å². The molecule has 0 radical (unpaired) electrons. The molecule has 0 saturated carbocycles. The van der Waals surface area contributed by atoms with Gasteiger partial charge < -0.3 is 4.90 Å². The maximum absolute atomic E-state index is 2.24. The molecular formula is C26H33N3Zn+4. The standard InChI is InChI=1S/C26H33N3.Zn/c1-27(2)23-14-8-20(9-15-23)26(21-10-16-24(17-11-21)28(3)4)22-12-18-25(19-13-22)29(5,6)7;/h8-19H,1-7H3;/q2*+2. The van der Waals surface area contributed by atoms with E-state index in [4.69, 9.17) is 0 Å². The number of hydrogen-bond acceptors (Lipinski definition) is 1. The topological polar surface area (TPSA) is 6.25 Å². The van der Waals surface area contributed by atoms with Crippen molar-refractivity contribution < 1.29 is 24.1 Å².